The van der Waals surface area contributed by atoms with E-state index in [1.165, 1.54) is 4.31 Å². The number of nitrogens with zero attached hydrogens (tertiary/aromatic N) is 1. The van der Waals surface area contributed by atoms with Crippen LogP contribution >= 0.6 is 0 Å². The van der Waals surface area contributed by atoms with Crippen LogP contribution < -0.4 is 5.32 Å². The van der Waals surface area contributed by atoms with Gasteiger partial charge in [-0.3, -0.25) is 0 Å². The van der Waals surface area contributed by atoms with Crippen molar-refractivity contribution in [3.05, 3.63) is 24.3 Å². The van der Waals surface area contributed by atoms with Gasteiger partial charge in [0.15, 0.2) is 0 Å². The van der Waals surface area contributed by atoms with Gasteiger partial charge in [-0.2, -0.15) is 4.31 Å². The number of sulfonamides is 1. The van der Waals surface area contributed by atoms with Crippen molar-refractivity contribution >= 4 is 15.7 Å². The standard InChI is InChI=1S/C12H20N2O3S/c1-4-13-11-7-5-6-8-12(11)18(15,16)14(2)9-10-17-3/h5-8,13H,4,9-10H2,1-3H3. The van der Waals surface area contributed by atoms with E-state index in [-0.39, 0.29) is 0 Å². The molecule has 0 fully saturated rings. The average Bonchev–Trinajstić information content (AvgIpc) is 2.36. The SMILES string of the molecule is CCNc1ccccc1S(=O)(=O)N(C)CCOC. The quantitative estimate of drug-likeness (QED) is 0.815. The molecule has 0 aliphatic heterocycles. The van der Waals surface area contributed by atoms with Crippen molar-refractivity contribution in [1.82, 2.24) is 4.31 Å². The highest BCUT2D eigenvalue weighted by molar-refractivity contribution is 7.89. The molecular weight excluding hydrogens is 252 g/mol. The summed E-state index contributed by atoms with van der Waals surface area (Å²) in [6.07, 6.45) is 0. The average molecular weight is 272 g/mol. The number of hydrogen-bond acceptors (Lipinski definition) is 4. The lowest BCUT2D eigenvalue weighted by Gasteiger charge is -2.19. The predicted octanol–water partition coefficient (Wildman–Crippen LogP) is 1.39. The molecule has 0 atom stereocenters. The zero-order chi connectivity index (χ0) is 13.6. The molecule has 0 aliphatic rings. The van der Waals surface area contributed by atoms with Crippen LogP contribution in [0.15, 0.2) is 29.2 Å². The van der Waals surface area contributed by atoms with Gasteiger partial charge in [0.05, 0.1) is 12.3 Å². The first kappa shape index (κ1) is 14.9. The first-order chi connectivity index (χ1) is 8.54. The Hall–Kier alpha value is -1.11. The van der Waals surface area contributed by atoms with Crippen molar-refractivity contribution < 1.29 is 13.2 Å². The number of nitrogens with one attached hydrogen (secondary N) is 1. The van der Waals surface area contributed by atoms with Crippen molar-refractivity contribution in [1.29, 1.82) is 0 Å². The fraction of sp³-hybridized carbons (Fsp3) is 0.500. The van der Waals surface area contributed by atoms with Crippen LogP contribution in [0.25, 0.3) is 0 Å². The van der Waals surface area contributed by atoms with Crippen LogP contribution in [-0.4, -0.2) is 46.6 Å². The summed E-state index contributed by atoms with van der Waals surface area (Å²) in [6, 6.07) is 6.90. The van der Waals surface area contributed by atoms with Crippen LogP contribution in [0.3, 0.4) is 0 Å². The third-order valence-electron chi connectivity index (χ3n) is 2.55. The number of ether oxygens (including phenoxy) is 1. The lowest BCUT2D eigenvalue weighted by molar-refractivity contribution is 0.185. The Morgan fingerprint density at radius 3 is 2.61 bits per heavy atom. The van der Waals surface area contributed by atoms with E-state index in [0.717, 1.165) is 0 Å². The Morgan fingerprint density at radius 2 is 2.00 bits per heavy atom. The van der Waals surface area contributed by atoms with Gasteiger partial charge in [-0.05, 0) is 19.1 Å². The Balaban J connectivity index is 3.04. The van der Waals surface area contributed by atoms with Gasteiger partial charge in [-0.25, -0.2) is 8.42 Å². The van der Waals surface area contributed by atoms with Crippen LogP contribution in [0.2, 0.25) is 0 Å². The van der Waals surface area contributed by atoms with Gasteiger partial charge in [0.25, 0.3) is 0 Å². The van der Waals surface area contributed by atoms with Gasteiger partial charge in [0, 0.05) is 27.2 Å². The molecule has 5 nitrogen and oxygen atoms in total. The second-order valence-corrected chi connectivity index (χ2v) is 5.86. The number of methoxy groups -OCH3 is 1. The van der Waals surface area contributed by atoms with E-state index in [1.807, 2.05) is 13.0 Å². The first-order valence-electron chi connectivity index (χ1n) is 5.82. The second-order valence-electron chi connectivity index (χ2n) is 3.85. The highest BCUT2D eigenvalue weighted by Crippen LogP contribution is 2.23. The molecule has 0 aromatic heterocycles. The van der Waals surface area contributed by atoms with Crippen molar-refractivity contribution in [2.45, 2.75) is 11.8 Å². The number of likely N-dealkylation sites (N-methyl/N-ethyl adjacent to an activating group) is 1. The number of para-hydroxylation sites is 1. The fourth-order valence-corrected chi connectivity index (χ4v) is 2.86. The molecule has 102 valence electrons. The van der Waals surface area contributed by atoms with Crippen LogP contribution in [0.5, 0.6) is 0 Å². The first-order valence-corrected chi connectivity index (χ1v) is 7.26. The van der Waals surface area contributed by atoms with Crippen molar-refractivity contribution in [3.63, 3.8) is 0 Å². The largest absolute Gasteiger partial charge is 0.384 e. The maximum Gasteiger partial charge on any atom is 0.244 e. The molecule has 0 radical (unpaired) electrons. The summed E-state index contributed by atoms with van der Waals surface area (Å²) in [5.41, 5.74) is 0.629. The summed E-state index contributed by atoms with van der Waals surface area (Å²) in [4.78, 5) is 0.297. The second kappa shape index (κ2) is 6.72. The summed E-state index contributed by atoms with van der Waals surface area (Å²) in [5.74, 6) is 0. The maximum atomic E-state index is 12.4. The molecule has 0 unspecified atom stereocenters. The number of benzene rings is 1. The van der Waals surface area contributed by atoms with Crippen molar-refractivity contribution in [2.24, 2.45) is 0 Å². The van der Waals surface area contributed by atoms with E-state index in [4.69, 9.17) is 4.74 Å². The molecule has 1 N–H and O–H groups in total. The van der Waals surface area contributed by atoms with Gasteiger partial charge in [-0.15, -0.1) is 0 Å². The van der Waals surface area contributed by atoms with Crippen LogP contribution in [-0.2, 0) is 14.8 Å². The predicted molar refractivity (Wildman–Crippen MR) is 72.3 cm³/mol. The lowest BCUT2D eigenvalue weighted by Crippen LogP contribution is -2.30. The summed E-state index contributed by atoms with van der Waals surface area (Å²) >= 11 is 0. The van der Waals surface area contributed by atoms with Crippen LogP contribution in [0.1, 0.15) is 6.92 Å². The minimum atomic E-state index is -3.47. The molecule has 1 rings (SSSR count). The molecule has 0 heterocycles. The number of anilines is 1. The summed E-state index contributed by atoms with van der Waals surface area (Å²) in [7, 11) is -0.372. The van der Waals surface area contributed by atoms with E-state index in [9.17, 15) is 8.42 Å². The Kier molecular flexibility index (Phi) is 5.58. The molecule has 0 bridgehead atoms. The minimum Gasteiger partial charge on any atom is -0.384 e. The summed E-state index contributed by atoms with van der Waals surface area (Å²) in [6.45, 7) is 3.31. The van der Waals surface area contributed by atoms with Crippen LogP contribution in [0, 0.1) is 0 Å². The zero-order valence-corrected chi connectivity index (χ0v) is 11.8. The third kappa shape index (κ3) is 3.44. The Bertz CT molecular complexity index is 474. The zero-order valence-electron chi connectivity index (χ0n) is 11.0. The Morgan fingerprint density at radius 1 is 1.33 bits per heavy atom. The minimum absolute atomic E-state index is 0.297. The molecule has 0 amide bonds. The smallest absolute Gasteiger partial charge is 0.244 e. The lowest BCUT2D eigenvalue weighted by atomic mass is 10.3. The van der Waals surface area contributed by atoms with Crippen molar-refractivity contribution in [3.8, 4) is 0 Å². The molecule has 0 saturated carbocycles. The van der Waals surface area contributed by atoms with E-state index in [0.29, 0.717) is 30.3 Å². The Labute approximate surface area is 109 Å². The molecule has 0 spiro atoms. The topological polar surface area (TPSA) is 58.6 Å². The third-order valence-corrected chi connectivity index (χ3v) is 4.47. The molecule has 1 aromatic rings. The fourth-order valence-electron chi connectivity index (χ4n) is 1.54. The van der Waals surface area contributed by atoms with Crippen molar-refractivity contribution in [2.75, 3.05) is 39.2 Å². The van der Waals surface area contributed by atoms with Gasteiger partial charge in [0.2, 0.25) is 10.0 Å². The highest BCUT2D eigenvalue weighted by Gasteiger charge is 2.23. The van der Waals surface area contributed by atoms with E-state index in [1.54, 1.807) is 32.4 Å². The normalized spacial score (nSPS) is 11.8. The molecule has 0 aliphatic carbocycles. The van der Waals surface area contributed by atoms with Crippen LogP contribution in [0.4, 0.5) is 5.69 Å². The van der Waals surface area contributed by atoms with E-state index < -0.39 is 10.0 Å². The van der Waals surface area contributed by atoms with E-state index in [2.05, 4.69) is 5.32 Å². The highest BCUT2D eigenvalue weighted by atomic mass is 32.2. The summed E-state index contributed by atoms with van der Waals surface area (Å²) < 4.78 is 30.9. The van der Waals surface area contributed by atoms with E-state index >= 15 is 0 Å². The molecule has 18 heavy (non-hydrogen) atoms. The number of hydrogen-bond donors (Lipinski definition) is 1. The molecule has 1 aromatic carbocycles. The molecule has 6 heteroatoms. The molecular formula is C12H20N2O3S. The monoisotopic (exact) mass is 272 g/mol. The van der Waals surface area contributed by atoms with Gasteiger partial charge < -0.3 is 10.1 Å². The maximum absolute atomic E-state index is 12.4. The van der Waals surface area contributed by atoms with Gasteiger partial charge >= 0.3 is 0 Å². The number of rotatable bonds is 7. The molecule has 0 saturated heterocycles. The van der Waals surface area contributed by atoms with Gasteiger partial charge in [-0.1, -0.05) is 12.1 Å². The summed E-state index contributed by atoms with van der Waals surface area (Å²) in [5, 5.41) is 3.06. The van der Waals surface area contributed by atoms with Gasteiger partial charge in [0.1, 0.15) is 4.90 Å².